The van der Waals surface area contributed by atoms with E-state index in [9.17, 15) is 0 Å². The van der Waals surface area contributed by atoms with Gasteiger partial charge in [0.05, 0.1) is 0 Å². The van der Waals surface area contributed by atoms with Gasteiger partial charge in [-0.25, -0.2) is 0 Å². The number of rotatable bonds is 4. The number of nitrogens with two attached hydrogens (primary N) is 1. The van der Waals surface area contributed by atoms with Crippen molar-refractivity contribution in [2.75, 3.05) is 0 Å². The van der Waals surface area contributed by atoms with Crippen molar-refractivity contribution < 1.29 is 4.74 Å². The molecule has 1 aromatic carbocycles. The second kappa shape index (κ2) is 5.01. The summed E-state index contributed by atoms with van der Waals surface area (Å²) in [4.78, 5) is 0. The highest BCUT2D eigenvalue weighted by molar-refractivity contribution is 5.32. The van der Waals surface area contributed by atoms with E-state index in [0.717, 1.165) is 28.3 Å². The van der Waals surface area contributed by atoms with Crippen LogP contribution in [0.1, 0.15) is 22.5 Å². The van der Waals surface area contributed by atoms with Crippen LogP contribution in [0.25, 0.3) is 0 Å². The van der Waals surface area contributed by atoms with Crippen molar-refractivity contribution in [2.24, 2.45) is 5.73 Å². The Kier molecular flexibility index (Phi) is 3.44. The summed E-state index contributed by atoms with van der Waals surface area (Å²) in [5.74, 6) is 0.885. The highest BCUT2D eigenvalue weighted by Crippen LogP contribution is 2.18. The largest absolute Gasteiger partial charge is 0.487 e. The number of aryl methyl sites for hydroxylation is 2. The van der Waals surface area contributed by atoms with Gasteiger partial charge in [0.1, 0.15) is 18.1 Å². The van der Waals surface area contributed by atoms with E-state index in [1.54, 1.807) is 0 Å². The van der Waals surface area contributed by atoms with Crippen molar-refractivity contribution >= 4 is 0 Å². The second-order valence-corrected chi connectivity index (χ2v) is 4.03. The van der Waals surface area contributed by atoms with E-state index in [1.807, 2.05) is 38.1 Å². The lowest BCUT2D eigenvalue weighted by molar-refractivity contribution is 0.298. The van der Waals surface area contributed by atoms with E-state index in [0.29, 0.717) is 13.2 Å². The summed E-state index contributed by atoms with van der Waals surface area (Å²) in [7, 11) is 0. The number of hydrogen-bond donors (Lipinski definition) is 2. The fourth-order valence-corrected chi connectivity index (χ4v) is 1.76. The zero-order chi connectivity index (χ0) is 12.3. The molecule has 0 saturated heterocycles. The summed E-state index contributed by atoms with van der Waals surface area (Å²) in [6.45, 7) is 4.91. The van der Waals surface area contributed by atoms with Gasteiger partial charge in [-0.15, -0.1) is 0 Å². The molecule has 4 heteroatoms. The quantitative estimate of drug-likeness (QED) is 0.846. The lowest BCUT2D eigenvalue weighted by Gasteiger charge is -2.08. The molecule has 0 bridgehead atoms. The first-order valence-electron chi connectivity index (χ1n) is 5.63. The Morgan fingerprint density at radius 1 is 1.29 bits per heavy atom. The van der Waals surface area contributed by atoms with Crippen LogP contribution in [0.15, 0.2) is 24.3 Å². The Labute approximate surface area is 101 Å². The number of hydrogen-bond acceptors (Lipinski definition) is 3. The third kappa shape index (κ3) is 2.47. The van der Waals surface area contributed by atoms with Gasteiger partial charge in [0.2, 0.25) is 0 Å². The predicted molar refractivity (Wildman–Crippen MR) is 66.7 cm³/mol. The SMILES string of the molecule is Cc1ccccc1OCc1n[nH]c(C)c1CN. The van der Waals surface area contributed by atoms with Gasteiger partial charge in [-0.3, -0.25) is 5.10 Å². The first kappa shape index (κ1) is 11.7. The minimum Gasteiger partial charge on any atom is -0.487 e. The molecular formula is C13H17N3O. The summed E-state index contributed by atoms with van der Waals surface area (Å²) in [6.07, 6.45) is 0. The van der Waals surface area contributed by atoms with E-state index in [2.05, 4.69) is 10.2 Å². The zero-order valence-corrected chi connectivity index (χ0v) is 10.2. The average Bonchev–Trinajstić information content (AvgIpc) is 2.69. The van der Waals surface area contributed by atoms with Gasteiger partial charge in [-0.1, -0.05) is 18.2 Å². The van der Waals surface area contributed by atoms with Crippen LogP contribution in [-0.4, -0.2) is 10.2 Å². The van der Waals surface area contributed by atoms with Crippen LogP contribution in [-0.2, 0) is 13.2 Å². The minimum absolute atomic E-state index is 0.446. The zero-order valence-electron chi connectivity index (χ0n) is 10.2. The molecule has 4 nitrogen and oxygen atoms in total. The Hall–Kier alpha value is -1.81. The molecule has 2 aromatic rings. The van der Waals surface area contributed by atoms with Crippen molar-refractivity contribution in [3.63, 3.8) is 0 Å². The number of nitrogens with zero attached hydrogens (tertiary/aromatic N) is 1. The molecule has 2 rings (SSSR count). The third-order valence-corrected chi connectivity index (χ3v) is 2.82. The first-order valence-corrected chi connectivity index (χ1v) is 5.63. The maximum absolute atomic E-state index is 5.74. The van der Waals surface area contributed by atoms with Crippen LogP contribution in [0.4, 0.5) is 0 Å². The van der Waals surface area contributed by atoms with E-state index in [1.165, 1.54) is 0 Å². The van der Waals surface area contributed by atoms with E-state index >= 15 is 0 Å². The van der Waals surface area contributed by atoms with E-state index < -0.39 is 0 Å². The van der Waals surface area contributed by atoms with Gasteiger partial charge in [0.25, 0.3) is 0 Å². The molecule has 1 heterocycles. The second-order valence-electron chi connectivity index (χ2n) is 4.03. The van der Waals surface area contributed by atoms with Crippen molar-refractivity contribution in [1.82, 2.24) is 10.2 Å². The molecule has 0 aliphatic rings. The molecule has 3 N–H and O–H groups in total. The molecule has 0 spiro atoms. The molecule has 0 aliphatic heterocycles. The van der Waals surface area contributed by atoms with Crippen molar-refractivity contribution in [1.29, 1.82) is 0 Å². The number of aromatic amines is 1. The molecule has 0 fully saturated rings. The summed E-state index contributed by atoms with van der Waals surface area (Å²) in [5.41, 5.74) is 9.73. The van der Waals surface area contributed by atoms with Crippen molar-refractivity contribution in [2.45, 2.75) is 27.0 Å². The van der Waals surface area contributed by atoms with Crippen molar-refractivity contribution in [3.05, 3.63) is 46.8 Å². The van der Waals surface area contributed by atoms with Gasteiger partial charge < -0.3 is 10.5 Å². The molecule has 0 aliphatic carbocycles. The molecule has 0 unspecified atom stereocenters. The number of H-pyrrole nitrogens is 1. The molecule has 0 amide bonds. The number of aromatic nitrogens is 2. The normalized spacial score (nSPS) is 10.5. The lowest BCUT2D eigenvalue weighted by atomic mass is 10.2. The highest BCUT2D eigenvalue weighted by Gasteiger charge is 2.09. The summed E-state index contributed by atoms with van der Waals surface area (Å²) >= 11 is 0. The van der Waals surface area contributed by atoms with Gasteiger partial charge >= 0.3 is 0 Å². The Morgan fingerprint density at radius 3 is 2.76 bits per heavy atom. The molecule has 0 atom stereocenters. The monoisotopic (exact) mass is 231 g/mol. The summed E-state index contributed by atoms with van der Waals surface area (Å²) in [5, 5.41) is 7.13. The Morgan fingerprint density at radius 2 is 2.06 bits per heavy atom. The molecule has 90 valence electrons. The van der Waals surface area contributed by atoms with Crippen LogP contribution in [0, 0.1) is 13.8 Å². The molecule has 0 saturated carbocycles. The fourth-order valence-electron chi connectivity index (χ4n) is 1.76. The molecular weight excluding hydrogens is 214 g/mol. The van der Waals surface area contributed by atoms with Crippen LogP contribution in [0.2, 0.25) is 0 Å². The number of nitrogens with one attached hydrogen (secondary N) is 1. The number of para-hydroxylation sites is 1. The van der Waals surface area contributed by atoms with E-state index in [4.69, 9.17) is 10.5 Å². The summed E-state index contributed by atoms with van der Waals surface area (Å²) in [6, 6.07) is 7.93. The Balaban J connectivity index is 2.10. The number of benzene rings is 1. The Bertz CT molecular complexity index is 505. The smallest absolute Gasteiger partial charge is 0.132 e. The maximum atomic E-state index is 5.74. The fraction of sp³-hybridized carbons (Fsp3) is 0.308. The van der Waals surface area contributed by atoms with Gasteiger partial charge in [0.15, 0.2) is 0 Å². The van der Waals surface area contributed by atoms with Crippen LogP contribution < -0.4 is 10.5 Å². The first-order chi connectivity index (χ1) is 8.22. The average molecular weight is 231 g/mol. The molecule has 0 radical (unpaired) electrons. The standard InChI is InChI=1S/C13H17N3O/c1-9-5-3-4-6-13(9)17-8-12-11(7-14)10(2)15-16-12/h3-6H,7-8,14H2,1-2H3,(H,15,16). The summed E-state index contributed by atoms with van der Waals surface area (Å²) < 4.78 is 5.74. The van der Waals surface area contributed by atoms with E-state index in [-0.39, 0.29) is 0 Å². The minimum atomic E-state index is 0.446. The molecule has 17 heavy (non-hydrogen) atoms. The highest BCUT2D eigenvalue weighted by atomic mass is 16.5. The third-order valence-electron chi connectivity index (χ3n) is 2.82. The van der Waals surface area contributed by atoms with Gasteiger partial charge in [0, 0.05) is 17.8 Å². The predicted octanol–water partition coefficient (Wildman–Crippen LogP) is 2.06. The molecule has 1 aromatic heterocycles. The van der Waals surface area contributed by atoms with Crippen molar-refractivity contribution in [3.8, 4) is 5.75 Å². The number of ether oxygens (including phenoxy) is 1. The van der Waals surface area contributed by atoms with Crippen LogP contribution in [0.3, 0.4) is 0 Å². The van der Waals surface area contributed by atoms with Gasteiger partial charge in [-0.2, -0.15) is 5.10 Å². The van der Waals surface area contributed by atoms with Crippen LogP contribution in [0.5, 0.6) is 5.75 Å². The topological polar surface area (TPSA) is 63.9 Å². The maximum Gasteiger partial charge on any atom is 0.132 e. The van der Waals surface area contributed by atoms with Gasteiger partial charge in [-0.05, 0) is 25.5 Å². The van der Waals surface area contributed by atoms with Crippen LogP contribution >= 0.6 is 0 Å². The lowest BCUT2D eigenvalue weighted by Crippen LogP contribution is -2.04.